The Morgan fingerprint density at radius 1 is 1.00 bits per heavy atom. The average molecular weight is 517 g/mol. The van der Waals surface area contributed by atoms with Crippen molar-refractivity contribution in [3.63, 3.8) is 0 Å². The molecule has 0 saturated carbocycles. The highest BCUT2D eigenvalue weighted by atomic mass is 16.4. The molecule has 6 N–H and O–H groups in total. The molecule has 0 radical (unpaired) electrons. The van der Waals surface area contributed by atoms with Crippen molar-refractivity contribution in [3.8, 4) is 0 Å². The van der Waals surface area contributed by atoms with Crippen LogP contribution >= 0.6 is 0 Å². The number of aryl methyl sites for hydroxylation is 1. The summed E-state index contributed by atoms with van der Waals surface area (Å²) in [5, 5.41) is 19.1. The SMILES string of the molecule is Cc1[nH]c([C@@H](Cc2c[nH]c3ccccc23)NC(=O)[C@H](CC(C)C)NC(=O)Nc2ccccc2)nc1C(=O)O. The van der Waals surface area contributed by atoms with Crippen molar-refractivity contribution in [1.29, 1.82) is 0 Å². The normalized spacial score (nSPS) is 12.7. The first-order valence-electron chi connectivity index (χ1n) is 12.5. The number of H-pyrrole nitrogens is 2. The number of hydrogen-bond donors (Lipinski definition) is 6. The number of aromatic carboxylic acids is 1. The number of fused-ring (bicyclic) bond motifs is 1. The van der Waals surface area contributed by atoms with Gasteiger partial charge in [-0.3, -0.25) is 4.79 Å². The van der Waals surface area contributed by atoms with Crippen molar-refractivity contribution in [1.82, 2.24) is 25.6 Å². The fourth-order valence-electron chi connectivity index (χ4n) is 4.42. The van der Waals surface area contributed by atoms with E-state index in [-0.39, 0.29) is 11.6 Å². The van der Waals surface area contributed by atoms with Crippen LogP contribution in [0.3, 0.4) is 0 Å². The predicted octanol–water partition coefficient (Wildman–Crippen LogP) is 4.53. The summed E-state index contributed by atoms with van der Waals surface area (Å²) < 4.78 is 0. The van der Waals surface area contributed by atoms with Crippen LogP contribution in [-0.4, -0.2) is 44.0 Å². The van der Waals surface area contributed by atoms with Crippen LogP contribution in [0.2, 0.25) is 0 Å². The zero-order chi connectivity index (χ0) is 27.2. The van der Waals surface area contributed by atoms with Crippen molar-refractivity contribution in [3.05, 3.63) is 83.6 Å². The van der Waals surface area contributed by atoms with Gasteiger partial charge in [0.2, 0.25) is 5.91 Å². The van der Waals surface area contributed by atoms with Crippen molar-refractivity contribution in [2.75, 3.05) is 5.32 Å². The van der Waals surface area contributed by atoms with Gasteiger partial charge < -0.3 is 31.0 Å². The quantitative estimate of drug-likeness (QED) is 0.183. The molecule has 2 atom stereocenters. The van der Waals surface area contributed by atoms with Gasteiger partial charge in [0.15, 0.2) is 5.69 Å². The summed E-state index contributed by atoms with van der Waals surface area (Å²) in [4.78, 5) is 48.4. The van der Waals surface area contributed by atoms with Crippen molar-refractivity contribution < 1.29 is 19.5 Å². The molecule has 0 fully saturated rings. The Kier molecular flexibility index (Phi) is 8.10. The molecule has 0 bridgehead atoms. The second kappa shape index (κ2) is 11.6. The molecule has 0 aliphatic heterocycles. The number of carbonyl (C=O) groups is 3. The number of amides is 3. The van der Waals surface area contributed by atoms with E-state index in [2.05, 4.69) is 30.9 Å². The number of aromatic amines is 2. The molecule has 0 unspecified atom stereocenters. The molecule has 4 rings (SSSR count). The van der Waals surface area contributed by atoms with Gasteiger partial charge in [0.25, 0.3) is 0 Å². The molecule has 2 heterocycles. The first-order valence-corrected chi connectivity index (χ1v) is 12.5. The van der Waals surface area contributed by atoms with E-state index < -0.39 is 30.0 Å². The summed E-state index contributed by atoms with van der Waals surface area (Å²) in [6, 6.07) is 14.8. The number of rotatable bonds is 10. The minimum absolute atomic E-state index is 0.0998. The van der Waals surface area contributed by atoms with Crippen LogP contribution in [0.1, 0.15) is 53.9 Å². The molecule has 3 amide bonds. The smallest absolute Gasteiger partial charge is 0.356 e. The number of carboxylic acid groups (broad SMARTS) is 1. The number of imidazole rings is 1. The fourth-order valence-corrected chi connectivity index (χ4v) is 4.42. The first kappa shape index (κ1) is 26.5. The van der Waals surface area contributed by atoms with Crippen LogP contribution in [0.5, 0.6) is 0 Å². The van der Waals surface area contributed by atoms with Crippen LogP contribution < -0.4 is 16.0 Å². The molecule has 0 aliphatic rings. The highest BCUT2D eigenvalue weighted by Gasteiger charge is 2.28. The summed E-state index contributed by atoms with van der Waals surface area (Å²) in [6.45, 7) is 5.56. The third-order valence-corrected chi connectivity index (χ3v) is 6.21. The van der Waals surface area contributed by atoms with Crippen LogP contribution in [0.4, 0.5) is 10.5 Å². The Morgan fingerprint density at radius 2 is 1.71 bits per heavy atom. The standard InChI is InChI=1S/C28H32N6O4/c1-16(2)13-23(33-28(38)31-19-9-5-4-6-10-19)26(35)32-22(25-30-17(3)24(34-25)27(36)37)14-18-15-29-21-12-8-7-11-20(18)21/h4-12,15-16,22-23,29H,13-14H2,1-3H3,(H,30,34)(H,32,35)(H,36,37)(H2,31,33,38)/t22-,23+/m1/s1. The van der Waals surface area contributed by atoms with Gasteiger partial charge in [-0.1, -0.05) is 50.2 Å². The number of carboxylic acids is 1. The van der Waals surface area contributed by atoms with E-state index in [0.29, 0.717) is 30.0 Å². The lowest BCUT2D eigenvalue weighted by molar-refractivity contribution is -0.124. The zero-order valence-corrected chi connectivity index (χ0v) is 21.5. The van der Waals surface area contributed by atoms with E-state index >= 15 is 0 Å². The van der Waals surface area contributed by atoms with Crippen LogP contribution in [0, 0.1) is 12.8 Å². The van der Waals surface area contributed by atoms with Crippen LogP contribution in [-0.2, 0) is 11.2 Å². The van der Waals surface area contributed by atoms with E-state index in [0.717, 1.165) is 16.5 Å². The lowest BCUT2D eigenvalue weighted by atomic mass is 10.0. The topological polar surface area (TPSA) is 152 Å². The largest absolute Gasteiger partial charge is 0.476 e. The van der Waals surface area contributed by atoms with Gasteiger partial charge in [-0.2, -0.15) is 0 Å². The Bertz CT molecular complexity index is 1430. The number of benzene rings is 2. The summed E-state index contributed by atoms with van der Waals surface area (Å²) in [7, 11) is 0. The Balaban J connectivity index is 1.59. The number of aromatic nitrogens is 3. The fraction of sp³-hybridized carbons (Fsp3) is 0.286. The Labute approximate surface area is 220 Å². The molecular formula is C28H32N6O4. The van der Waals surface area contributed by atoms with Gasteiger partial charge in [0.1, 0.15) is 11.9 Å². The van der Waals surface area contributed by atoms with Crippen LogP contribution in [0.25, 0.3) is 10.9 Å². The first-order chi connectivity index (χ1) is 18.2. The van der Waals surface area contributed by atoms with Gasteiger partial charge in [-0.25, -0.2) is 14.6 Å². The van der Waals surface area contributed by atoms with Gasteiger partial charge in [-0.05, 0) is 43.0 Å². The molecule has 198 valence electrons. The zero-order valence-electron chi connectivity index (χ0n) is 21.5. The highest BCUT2D eigenvalue weighted by Crippen LogP contribution is 2.24. The Hall–Kier alpha value is -4.60. The lowest BCUT2D eigenvalue weighted by Gasteiger charge is -2.24. The number of anilines is 1. The molecule has 0 aliphatic carbocycles. The van der Waals surface area contributed by atoms with Crippen LogP contribution in [0.15, 0.2) is 60.8 Å². The molecule has 4 aromatic rings. The van der Waals surface area contributed by atoms with E-state index in [1.165, 1.54) is 0 Å². The minimum atomic E-state index is -1.15. The van der Waals surface area contributed by atoms with Gasteiger partial charge >= 0.3 is 12.0 Å². The molecular weight excluding hydrogens is 484 g/mol. The summed E-state index contributed by atoms with van der Waals surface area (Å²) in [5.74, 6) is -1.09. The average Bonchev–Trinajstić information content (AvgIpc) is 3.47. The minimum Gasteiger partial charge on any atom is -0.476 e. The van der Waals surface area contributed by atoms with E-state index in [1.807, 2.05) is 50.4 Å². The maximum atomic E-state index is 13.5. The third kappa shape index (κ3) is 6.39. The molecule has 2 aromatic carbocycles. The van der Waals surface area contributed by atoms with Gasteiger partial charge in [0.05, 0.1) is 6.04 Å². The number of carbonyl (C=O) groups excluding carboxylic acids is 2. The number of nitrogens with one attached hydrogen (secondary N) is 5. The second-order valence-electron chi connectivity index (χ2n) is 9.67. The summed E-state index contributed by atoms with van der Waals surface area (Å²) >= 11 is 0. The van der Waals surface area contributed by atoms with E-state index in [9.17, 15) is 19.5 Å². The predicted molar refractivity (Wildman–Crippen MR) is 145 cm³/mol. The number of nitrogens with zero attached hydrogens (tertiary/aromatic N) is 1. The second-order valence-corrected chi connectivity index (χ2v) is 9.67. The van der Waals surface area contributed by atoms with Gasteiger partial charge in [-0.15, -0.1) is 0 Å². The summed E-state index contributed by atoms with van der Waals surface area (Å²) in [5.41, 5.74) is 2.79. The highest BCUT2D eigenvalue weighted by molar-refractivity contribution is 5.94. The summed E-state index contributed by atoms with van der Waals surface area (Å²) in [6.07, 6.45) is 2.63. The van der Waals surface area contributed by atoms with Crippen molar-refractivity contribution in [2.24, 2.45) is 5.92 Å². The van der Waals surface area contributed by atoms with E-state index in [1.54, 1.807) is 31.2 Å². The van der Waals surface area contributed by atoms with E-state index in [4.69, 9.17) is 0 Å². The molecule has 0 saturated heterocycles. The van der Waals surface area contributed by atoms with Crippen molar-refractivity contribution >= 4 is 34.5 Å². The third-order valence-electron chi connectivity index (χ3n) is 6.21. The molecule has 10 heteroatoms. The van der Waals surface area contributed by atoms with Crippen molar-refractivity contribution in [2.45, 2.75) is 45.7 Å². The molecule has 2 aromatic heterocycles. The Morgan fingerprint density at radius 3 is 2.39 bits per heavy atom. The number of urea groups is 1. The monoisotopic (exact) mass is 516 g/mol. The molecule has 38 heavy (non-hydrogen) atoms. The molecule has 10 nitrogen and oxygen atoms in total. The maximum Gasteiger partial charge on any atom is 0.356 e. The van der Waals surface area contributed by atoms with Gasteiger partial charge in [0, 0.05) is 34.9 Å². The maximum absolute atomic E-state index is 13.5. The number of hydrogen-bond acceptors (Lipinski definition) is 4. The number of para-hydroxylation sites is 2. The molecule has 0 spiro atoms. The lowest BCUT2D eigenvalue weighted by Crippen LogP contribution is -2.49.